The first-order chi connectivity index (χ1) is 10.6. The van der Waals surface area contributed by atoms with Gasteiger partial charge in [-0.25, -0.2) is 5.43 Å². The van der Waals surface area contributed by atoms with Gasteiger partial charge >= 0.3 is 0 Å². The number of rotatable bonds is 5. The van der Waals surface area contributed by atoms with Gasteiger partial charge in [0.05, 0.1) is 5.71 Å². The molecule has 0 fully saturated rings. The largest absolute Gasteiger partial charge is 0.483 e. The van der Waals surface area contributed by atoms with Gasteiger partial charge in [0, 0.05) is 23.0 Å². The summed E-state index contributed by atoms with van der Waals surface area (Å²) in [5, 5.41) is 4.66. The molecule has 1 heterocycles. The van der Waals surface area contributed by atoms with Crippen LogP contribution in [0.4, 0.5) is 0 Å². The number of pyridine rings is 1. The van der Waals surface area contributed by atoms with E-state index in [4.69, 9.17) is 16.3 Å². The predicted molar refractivity (Wildman–Crippen MR) is 86.3 cm³/mol. The van der Waals surface area contributed by atoms with Gasteiger partial charge in [-0.05, 0) is 49.7 Å². The van der Waals surface area contributed by atoms with E-state index in [1.165, 1.54) is 0 Å². The maximum atomic E-state index is 11.7. The van der Waals surface area contributed by atoms with Crippen molar-refractivity contribution in [1.82, 2.24) is 10.4 Å². The minimum atomic E-state index is -0.331. The van der Waals surface area contributed by atoms with Crippen molar-refractivity contribution in [2.24, 2.45) is 5.10 Å². The number of benzene rings is 1. The molecule has 2 rings (SSSR count). The minimum Gasteiger partial charge on any atom is -0.483 e. The fourth-order valence-electron chi connectivity index (χ4n) is 1.75. The van der Waals surface area contributed by atoms with E-state index in [1.54, 1.807) is 37.5 Å². The Bertz CT molecular complexity index is 687. The Morgan fingerprint density at radius 3 is 2.73 bits per heavy atom. The summed E-state index contributed by atoms with van der Waals surface area (Å²) in [7, 11) is 0. The Morgan fingerprint density at radius 2 is 2.05 bits per heavy atom. The highest BCUT2D eigenvalue weighted by Crippen LogP contribution is 2.21. The molecule has 0 radical (unpaired) electrons. The zero-order valence-electron chi connectivity index (χ0n) is 12.3. The topological polar surface area (TPSA) is 63.6 Å². The number of halogens is 1. The van der Waals surface area contributed by atoms with E-state index in [9.17, 15) is 4.79 Å². The fourth-order valence-corrected chi connectivity index (χ4v) is 1.98. The van der Waals surface area contributed by atoms with Crippen LogP contribution in [0.3, 0.4) is 0 Å². The van der Waals surface area contributed by atoms with Crippen molar-refractivity contribution in [3.63, 3.8) is 0 Å². The van der Waals surface area contributed by atoms with Crippen LogP contribution in [0.2, 0.25) is 5.02 Å². The number of aryl methyl sites for hydroxylation is 1. The van der Waals surface area contributed by atoms with Crippen LogP contribution >= 0.6 is 11.6 Å². The van der Waals surface area contributed by atoms with Crippen molar-refractivity contribution >= 4 is 23.2 Å². The van der Waals surface area contributed by atoms with E-state index in [0.29, 0.717) is 16.5 Å². The normalized spacial score (nSPS) is 11.1. The first-order valence-corrected chi connectivity index (χ1v) is 7.06. The molecule has 0 spiro atoms. The van der Waals surface area contributed by atoms with Gasteiger partial charge in [-0.1, -0.05) is 11.6 Å². The number of hydrazone groups is 1. The highest BCUT2D eigenvalue weighted by atomic mass is 35.5. The Hall–Kier alpha value is -2.40. The number of hydrogen-bond acceptors (Lipinski definition) is 4. The lowest BCUT2D eigenvalue weighted by Crippen LogP contribution is -2.25. The molecular formula is C16H16ClN3O2. The third-order valence-electron chi connectivity index (χ3n) is 2.94. The van der Waals surface area contributed by atoms with Crippen LogP contribution in [-0.4, -0.2) is 23.2 Å². The third-order valence-corrected chi connectivity index (χ3v) is 3.18. The van der Waals surface area contributed by atoms with Gasteiger partial charge in [0.25, 0.3) is 5.91 Å². The van der Waals surface area contributed by atoms with Gasteiger partial charge in [-0.15, -0.1) is 0 Å². The van der Waals surface area contributed by atoms with E-state index in [1.807, 2.05) is 19.1 Å². The van der Waals surface area contributed by atoms with Crippen molar-refractivity contribution in [3.8, 4) is 5.75 Å². The van der Waals surface area contributed by atoms with Gasteiger partial charge in [0.2, 0.25) is 0 Å². The Morgan fingerprint density at radius 1 is 1.32 bits per heavy atom. The van der Waals surface area contributed by atoms with Crippen molar-refractivity contribution < 1.29 is 9.53 Å². The summed E-state index contributed by atoms with van der Waals surface area (Å²) in [5.74, 6) is 0.289. The van der Waals surface area contributed by atoms with Crippen LogP contribution in [0.1, 0.15) is 18.1 Å². The second kappa shape index (κ2) is 7.56. The lowest BCUT2D eigenvalue weighted by Gasteiger charge is -2.08. The maximum Gasteiger partial charge on any atom is 0.277 e. The molecule has 1 aromatic carbocycles. The smallest absolute Gasteiger partial charge is 0.277 e. The number of ether oxygens (including phenoxy) is 1. The average Bonchev–Trinajstić information content (AvgIpc) is 2.52. The Balaban J connectivity index is 1.88. The molecule has 0 aliphatic carbocycles. The van der Waals surface area contributed by atoms with Crippen LogP contribution in [-0.2, 0) is 4.79 Å². The molecule has 0 saturated carbocycles. The summed E-state index contributed by atoms with van der Waals surface area (Å²) in [5.41, 5.74) is 4.92. The van der Waals surface area contributed by atoms with E-state index in [0.717, 1.165) is 11.1 Å². The van der Waals surface area contributed by atoms with E-state index >= 15 is 0 Å². The highest BCUT2D eigenvalue weighted by Gasteiger charge is 2.05. The van der Waals surface area contributed by atoms with Crippen LogP contribution in [0.15, 0.2) is 47.8 Å². The summed E-state index contributed by atoms with van der Waals surface area (Å²) in [4.78, 5) is 15.7. The highest BCUT2D eigenvalue weighted by molar-refractivity contribution is 6.30. The Kier molecular flexibility index (Phi) is 5.49. The lowest BCUT2D eigenvalue weighted by atomic mass is 10.2. The first kappa shape index (κ1) is 16.0. The number of carbonyl (C=O) groups is 1. The van der Waals surface area contributed by atoms with Crippen molar-refractivity contribution in [1.29, 1.82) is 0 Å². The molecule has 0 saturated heterocycles. The van der Waals surface area contributed by atoms with Crippen molar-refractivity contribution in [2.45, 2.75) is 13.8 Å². The summed E-state index contributed by atoms with van der Waals surface area (Å²) in [6.07, 6.45) is 3.34. The predicted octanol–water partition coefficient (Wildman–Crippen LogP) is 2.96. The molecule has 1 amide bonds. The molecule has 1 aromatic heterocycles. The molecule has 0 aliphatic heterocycles. The van der Waals surface area contributed by atoms with Gasteiger partial charge in [-0.3, -0.25) is 9.78 Å². The van der Waals surface area contributed by atoms with Crippen LogP contribution in [0.5, 0.6) is 5.75 Å². The van der Waals surface area contributed by atoms with Gasteiger partial charge in [0.1, 0.15) is 5.75 Å². The zero-order chi connectivity index (χ0) is 15.9. The summed E-state index contributed by atoms with van der Waals surface area (Å²) >= 11 is 5.87. The SMILES string of the molecule is C/C(=N/NC(=O)COc1ccc(Cl)cc1C)c1ccncc1. The molecule has 22 heavy (non-hydrogen) atoms. The Labute approximate surface area is 134 Å². The molecule has 0 aliphatic rings. The number of amides is 1. The number of aromatic nitrogens is 1. The monoisotopic (exact) mass is 317 g/mol. The van der Waals surface area contributed by atoms with Crippen LogP contribution in [0.25, 0.3) is 0 Å². The summed E-state index contributed by atoms with van der Waals surface area (Å²) in [6.45, 7) is 3.56. The molecule has 1 N–H and O–H groups in total. The molecule has 5 nitrogen and oxygen atoms in total. The molecule has 0 atom stereocenters. The molecule has 2 aromatic rings. The standard InChI is InChI=1S/C16H16ClN3O2/c1-11-9-14(17)3-4-15(11)22-10-16(21)20-19-12(2)13-5-7-18-8-6-13/h3-9H,10H2,1-2H3,(H,20,21)/b19-12-. The first-order valence-electron chi connectivity index (χ1n) is 6.69. The van der Waals surface area contributed by atoms with Gasteiger partial charge in [0.15, 0.2) is 6.61 Å². The molecule has 0 unspecified atom stereocenters. The quantitative estimate of drug-likeness (QED) is 0.681. The fraction of sp³-hybridized carbons (Fsp3) is 0.188. The average molecular weight is 318 g/mol. The van der Waals surface area contributed by atoms with E-state index in [-0.39, 0.29) is 12.5 Å². The van der Waals surface area contributed by atoms with Crippen molar-refractivity contribution in [3.05, 3.63) is 58.9 Å². The number of hydrogen-bond donors (Lipinski definition) is 1. The van der Waals surface area contributed by atoms with Crippen molar-refractivity contribution in [2.75, 3.05) is 6.61 Å². The number of nitrogens with one attached hydrogen (secondary N) is 1. The molecule has 114 valence electrons. The van der Waals surface area contributed by atoms with Crippen LogP contribution < -0.4 is 10.2 Å². The summed E-state index contributed by atoms with van der Waals surface area (Å²) in [6, 6.07) is 8.86. The third kappa shape index (κ3) is 4.56. The second-order valence-corrected chi connectivity index (χ2v) is 5.10. The lowest BCUT2D eigenvalue weighted by molar-refractivity contribution is -0.123. The second-order valence-electron chi connectivity index (χ2n) is 4.67. The van der Waals surface area contributed by atoms with Gasteiger partial charge in [-0.2, -0.15) is 5.10 Å². The molecule has 0 bridgehead atoms. The zero-order valence-corrected chi connectivity index (χ0v) is 13.1. The molecule has 6 heteroatoms. The van der Waals surface area contributed by atoms with E-state index in [2.05, 4.69) is 15.5 Å². The summed E-state index contributed by atoms with van der Waals surface area (Å²) < 4.78 is 5.44. The minimum absolute atomic E-state index is 0.115. The van der Waals surface area contributed by atoms with Crippen LogP contribution in [0, 0.1) is 6.92 Å². The number of nitrogens with zero attached hydrogens (tertiary/aromatic N) is 2. The number of carbonyl (C=O) groups excluding carboxylic acids is 1. The molecular weight excluding hydrogens is 302 g/mol. The van der Waals surface area contributed by atoms with E-state index < -0.39 is 0 Å². The van der Waals surface area contributed by atoms with Gasteiger partial charge < -0.3 is 4.74 Å². The maximum absolute atomic E-state index is 11.7.